The number of hydrogen-bond acceptors (Lipinski definition) is 10. The highest BCUT2D eigenvalue weighted by atomic mass is 32.2. The van der Waals surface area contributed by atoms with Crippen LogP contribution in [0.4, 0.5) is 5.95 Å². The van der Waals surface area contributed by atoms with Crippen LogP contribution in [0.2, 0.25) is 0 Å². The van der Waals surface area contributed by atoms with Crippen LogP contribution < -0.4 is 14.2 Å². The molecular weight excluding hydrogens is 498 g/mol. The monoisotopic (exact) mass is 525 g/mol. The Kier molecular flexibility index (Phi) is 7.36. The minimum Gasteiger partial charge on any atom is -0.494 e. The topological polar surface area (TPSA) is 154 Å². The van der Waals surface area contributed by atoms with E-state index < -0.39 is 21.4 Å². The number of nitrogens with zero attached hydrogens (tertiary/aromatic N) is 6. The summed E-state index contributed by atoms with van der Waals surface area (Å²) >= 11 is 0. The number of ether oxygens (including phenoxy) is 2. The van der Waals surface area contributed by atoms with E-state index in [-0.39, 0.29) is 11.8 Å². The van der Waals surface area contributed by atoms with E-state index in [0.29, 0.717) is 28.6 Å². The lowest BCUT2D eigenvalue weighted by Crippen LogP contribution is -2.32. The zero-order chi connectivity index (χ0) is 26.7. The molecule has 1 aromatic carbocycles. The average molecular weight is 526 g/mol. The molecule has 0 aliphatic carbocycles. The van der Waals surface area contributed by atoms with Crippen molar-refractivity contribution in [3.63, 3.8) is 0 Å². The quantitative estimate of drug-likeness (QED) is 0.333. The fourth-order valence-corrected chi connectivity index (χ4v) is 4.67. The first-order chi connectivity index (χ1) is 17.7. The number of aliphatic hydroxyl groups excluding tert-OH is 1. The second kappa shape index (κ2) is 10.5. The van der Waals surface area contributed by atoms with E-state index in [9.17, 15) is 13.5 Å². The van der Waals surface area contributed by atoms with Gasteiger partial charge in [-0.1, -0.05) is 6.07 Å². The average Bonchev–Trinajstić information content (AvgIpc) is 3.29. The van der Waals surface area contributed by atoms with Crippen molar-refractivity contribution in [2.75, 3.05) is 18.9 Å². The normalized spacial score (nSPS) is 13.1. The van der Waals surface area contributed by atoms with Crippen LogP contribution in [0.1, 0.15) is 30.0 Å². The Hall–Kier alpha value is -4.10. The van der Waals surface area contributed by atoms with Crippen molar-refractivity contribution in [2.24, 2.45) is 0 Å². The van der Waals surface area contributed by atoms with Gasteiger partial charge in [0.15, 0.2) is 11.6 Å². The number of aliphatic hydroxyl groups is 1. The van der Waals surface area contributed by atoms with E-state index >= 15 is 0 Å². The fourth-order valence-electron chi connectivity index (χ4n) is 3.63. The van der Waals surface area contributed by atoms with Crippen molar-refractivity contribution in [3.8, 4) is 28.6 Å². The Morgan fingerprint density at radius 2 is 1.62 bits per heavy atom. The van der Waals surface area contributed by atoms with Crippen LogP contribution in [0.25, 0.3) is 17.1 Å². The Labute approximate surface area is 214 Å². The molecule has 37 heavy (non-hydrogen) atoms. The number of pyridine rings is 1. The summed E-state index contributed by atoms with van der Waals surface area (Å²) in [6.45, 7) is 5.02. The summed E-state index contributed by atoms with van der Waals surface area (Å²) in [5.41, 5.74) is 2.62. The van der Waals surface area contributed by atoms with Crippen LogP contribution in [-0.4, -0.2) is 62.7 Å². The van der Waals surface area contributed by atoms with Gasteiger partial charge in [0.05, 0.1) is 14.2 Å². The molecule has 0 saturated carbocycles. The predicted molar refractivity (Wildman–Crippen MR) is 136 cm³/mol. The van der Waals surface area contributed by atoms with Gasteiger partial charge in [-0.2, -0.15) is 0 Å². The van der Waals surface area contributed by atoms with E-state index in [2.05, 4.69) is 29.9 Å². The third-order valence-corrected chi connectivity index (χ3v) is 7.36. The SMILES string of the molecule is COc1cccc(OC)c1-n1c(NS(=O)(=O)C(C)C(O)c2ncc(C)cn2)nnc1-c1cncc(C)c1. The van der Waals surface area contributed by atoms with Crippen molar-refractivity contribution in [2.45, 2.75) is 32.1 Å². The van der Waals surface area contributed by atoms with E-state index in [0.717, 1.165) is 11.1 Å². The van der Waals surface area contributed by atoms with Crippen LogP contribution >= 0.6 is 0 Å². The molecule has 0 aliphatic heterocycles. The second-order valence-corrected chi connectivity index (χ2v) is 10.4. The summed E-state index contributed by atoms with van der Waals surface area (Å²) in [4.78, 5) is 12.3. The molecule has 2 N–H and O–H groups in total. The molecule has 12 nitrogen and oxygen atoms in total. The van der Waals surface area contributed by atoms with Crippen molar-refractivity contribution in [3.05, 3.63) is 66.0 Å². The minimum atomic E-state index is -4.22. The number of sulfonamides is 1. The van der Waals surface area contributed by atoms with E-state index in [1.165, 1.54) is 38.1 Å². The number of methoxy groups -OCH3 is 2. The largest absolute Gasteiger partial charge is 0.494 e. The standard InChI is InChI=1S/C24H27N7O5S/c1-14-9-17(13-25-10-14)23-28-29-24(31(23)20-18(35-4)7-6-8-19(20)36-5)30-37(33,34)16(3)21(32)22-26-11-15(2)12-27-22/h6-13,16,21,32H,1-5H3,(H,29,30). The van der Waals surface area contributed by atoms with E-state index in [1.54, 1.807) is 37.5 Å². The number of hydrogen-bond donors (Lipinski definition) is 2. The molecule has 0 radical (unpaired) electrons. The summed E-state index contributed by atoms with van der Waals surface area (Å²) in [5.74, 6) is 0.933. The van der Waals surface area contributed by atoms with Crippen molar-refractivity contribution < 1.29 is 23.0 Å². The minimum absolute atomic E-state index is 0.0112. The Balaban J connectivity index is 1.83. The molecule has 0 bridgehead atoms. The molecule has 0 saturated heterocycles. The van der Waals surface area contributed by atoms with Gasteiger partial charge in [-0.05, 0) is 50.1 Å². The first-order valence-corrected chi connectivity index (χ1v) is 12.8. The van der Waals surface area contributed by atoms with Gasteiger partial charge in [-0.25, -0.2) is 18.4 Å². The van der Waals surface area contributed by atoms with E-state index in [1.807, 2.05) is 13.0 Å². The van der Waals surface area contributed by atoms with E-state index in [4.69, 9.17) is 9.47 Å². The van der Waals surface area contributed by atoms with Gasteiger partial charge in [0.2, 0.25) is 16.0 Å². The third-order valence-electron chi connectivity index (χ3n) is 5.65. The van der Waals surface area contributed by atoms with Crippen LogP contribution in [0.15, 0.2) is 49.1 Å². The summed E-state index contributed by atoms with van der Waals surface area (Å²) in [6.07, 6.45) is 4.80. The lowest BCUT2D eigenvalue weighted by molar-refractivity contribution is 0.166. The first-order valence-electron chi connectivity index (χ1n) is 11.2. The van der Waals surface area contributed by atoms with Crippen LogP contribution in [0, 0.1) is 13.8 Å². The molecule has 0 aliphatic rings. The zero-order valence-corrected chi connectivity index (χ0v) is 21.8. The maximum atomic E-state index is 13.4. The van der Waals surface area contributed by atoms with Crippen molar-refractivity contribution in [1.82, 2.24) is 29.7 Å². The number of rotatable bonds is 9. The smallest absolute Gasteiger partial charge is 0.243 e. The molecule has 0 spiro atoms. The van der Waals surface area contributed by atoms with Crippen LogP contribution in [0.5, 0.6) is 11.5 Å². The molecule has 4 aromatic rings. The maximum absolute atomic E-state index is 13.4. The molecule has 2 atom stereocenters. The molecule has 194 valence electrons. The van der Waals surface area contributed by atoms with Crippen LogP contribution in [-0.2, 0) is 10.0 Å². The first kappa shape index (κ1) is 26.0. The van der Waals surface area contributed by atoms with Gasteiger partial charge in [0.25, 0.3) is 0 Å². The fraction of sp³-hybridized carbons (Fsp3) is 0.292. The lowest BCUT2D eigenvalue weighted by Gasteiger charge is -2.21. The van der Waals surface area contributed by atoms with Gasteiger partial charge in [-0.3, -0.25) is 14.3 Å². The Morgan fingerprint density at radius 1 is 0.973 bits per heavy atom. The lowest BCUT2D eigenvalue weighted by atomic mass is 10.2. The van der Waals surface area contributed by atoms with Gasteiger partial charge >= 0.3 is 0 Å². The van der Waals surface area contributed by atoms with Gasteiger partial charge < -0.3 is 14.6 Å². The summed E-state index contributed by atoms with van der Waals surface area (Å²) in [6, 6.07) is 6.99. The summed E-state index contributed by atoms with van der Waals surface area (Å²) in [5, 5.41) is 17.8. The number of aromatic nitrogens is 6. The number of benzene rings is 1. The molecule has 3 aromatic heterocycles. The zero-order valence-electron chi connectivity index (χ0n) is 20.9. The molecule has 13 heteroatoms. The molecular formula is C24H27N7O5S. The number of para-hydroxylation sites is 1. The Morgan fingerprint density at radius 3 is 2.22 bits per heavy atom. The van der Waals surface area contributed by atoms with Gasteiger partial charge in [-0.15, -0.1) is 10.2 Å². The van der Waals surface area contributed by atoms with Crippen molar-refractivity contribution >= 4 is 16.0 Å². The second-order valence-electron chi connectivity index (χ2n) is 8.36. The maximum Gasteiger partial charge on any atom is 0.243 e. The number of aryl methyl sites for hydroxylation is 2. The summed E-state index contributed by atoms with van der Waals surface area (Å²) in [7, 11) is -1.25. The third kappa shape index (κ3) is 5.22. The molecule has 0 fully saturated rings. The highest BCUT2D eigenvalue weighted by molar-refractivity contribution is 7.93. The van der Waals surface area contributed by atoms with Gasteiger partial charge in [0.1, 0.15) is 28.5 Å². The molecule has 2 unspecified atom stereocenters. The number of anilines is 1. The predicted octanol–water partition coefficient (Wildman–Crippen LogP) is 2.62. The highest BCUT2D eigenvalue weighted by Gasteiger charge is 2.33. The Bertz CT molecular complexity index is 1480. The molecule has 4 rings (SSSR count). The van der Waals surface area contributed by atoms with Gasteiger partial charge in [0, 0.05) is 30.4 Å². The highest BCUT2D eigenvalue weighted by Crippen LogP contribution is 2.38. The van der Waals surface area contributed by atoms with Crippen LogP contribution in [0.3, 0.4) is 0 Å². The number of nitrogens with one attached hydrogen (secondary N) is 1. The van der Waals surface area contributed by atoms with Crippen molar-refractivity contribution in [1.29, 1.82) is 0 Å². The molecule has 3 heterocycles. The summed E-state index contributed by atoms with van der Waals surface area (Å²) < 4.78 is 41.8. The molecule has 0 amide bonds.